The van der Waals surface area contributed by atoms with E-state index in [1.165, 1.54) is 0 Å². The standard InChI is InChI=1S/C22H24BrN3O4/c1-15-12-16(6-7-17(15)23)24-21(27)14-26-13-20(22(28)25-8-10-29-11-9-25)30-19-5-3-2-4-18(19)26/h2-7,12,20H,8-11,13-14H2,1H3,(H,24,27)/t20-/m0/s1. The van der Waals surface area contributed by atoms with Gasteiger partial charge in [-0.3, -0.25) is 9.59 Å². The van der Waals surface area contributed by atoms with E-state index in [0.29, 0.717) is 38.6 Å². The summed E-state index contributed by atoms with van der Waals surface area (Å²) in [5.74, 6) is 0.399. The van der Waals surface area contributed by atoms with Crippen molar-refractivity contribution in [3.05, 3.63) is 52.5 Å². The Morgan fingerprint density at radius 2 is 1.93 bits per heavy atom. The molecule has 1 saturated heterocycles. The van der Waals surface area contributed by atoms with Gasteiger partial charge in [0.2, 0.25) is 5.91 Å². The fraction of sp³-hybridized carbons (Fsp3) is 0.364. The second-order valence-electron chi connectivity index (χ2n) is 7.40. The molecular weight excluding hydrogens is 450 g/mol. The molecule has 0 aromatic heterocycles. The minimum Gasteiger partial charge on any atom is -0.477 e. The maximum atomic E-state index is 13.0. The lowest BCUT2D eigenvalue weighted by molar-refractivity contribution is -0.142. The van der Waals surface area contributed by atoms with Crippen LogP contribution in [0, 0.1) is 6.92 Å². The summed E-state index contributed by atoms with van der Waals surface area (Å²) in [6, 6.07) is 13.2. The summed E-state index contributed by atoms with van der Waals surface area (Å²) in [6.07, 6.45) is -0.652. The van der Waals surface area contributed by atoms with E-state index < -0.39 is 6.10 Å². The number of ether oxygens (including phenoxy) is 2. The van der Waals surface area contributed by atoms with Gasteiger partial charge >= 0.3 is 0 Å². The molecule has 2 amide bonds. The summed E-state index contributed by atoms with van der Waals surface area (Å²) >= 11 is 3.47. The third-order valence-electron chi connectivity index (χ3n) is 5.24. The molecule has 0 bridgehead atoms. The van der Waals surface area contributed by atoms with Crippen LogP contribution in [0.2, 0.25) is 0 Å². The highest BCUT2D eigenvalue weighted by Gasteiger charge is 2.34. The van der Waals surface area contributed by atoms with Crippen LogP contribution in [0.1, 0.15) is 5.56 Å². The molecule has 2 aromatic rings. The lowest BCUT2D eigenvalue weighted by Crippen LogP contribution is -2.53. The van der Waals surface area contributed by atoms with E-state index in [1.807, 2.05) is 54.3 Å². The Labute approximate surface area is 184 Å². The Morgan fingerprint density at radius 1 is 1.17 bits per heavy atom. The van der Waals surface area contributed by atoms with Gasteiger partial charge in [-0.1, -0.05) is 28.1 Å². The van der Waals surface area contributed by atoms with Crippen molar-refractivity contribution in [3.8, 4) is 5.75 Å². The van der Waals surface area contributed by atoms with Gasteiger partial charge in [-0.15, -0.1) is 0 Å². The van der Waals surface area contributed by atoms with Crippen LogP contribution >= 0.6 is 15.9 Å². The average Bonchev–Trinajstić information content (AvgIpc) is 2.76. The number of aryl methyl sites for hydroxylation is 1. The van der Waals surface area contributed by atoms with Crippen LogP contribution in [0.5, 0.6) is 5.75 Å². The van der Waals surface area contributed by atoms with Crippen molar-refractivity contribution >= 4 is 39.1 Å². The molecule has 2 aromatic carbocycles. The van der Waals surface area contributed by atoms with Gasteiger partial charge in [-0.25, -0.2) is 0 Å². The van der Waals surface area contributed by atoms with Crippen LogP contribution in [0.4, 0.5) is 11.4 Å². The van der Waals surface area contributed by atoms with E-state index >= 15 is 0 Å². The maximum Gasteiger partial charge on any atom is 0.265 e. The highest BCUT2D eigenvalue weighted by molar-refractivity contribution is 9.10. The molecule has 0 radical (unpaired) electrons. The first kappa shape index (κ1) is 20.7. The van der Waals surface area contributed by atoms with Gasteiger partial charge in [-0.05, 0) is 42.8 Å². The number of nitrogens with one attached hydrogen (secondary N) is 1. The minimum absolute atomic E-state index is 0.0678. The molecule has 30 heavy (non-hydrogen) atoms. The minimum atomic E-state index is -0.652. The Kier molecular flexibility index (Phi) is 6.24. The van der Waals surface area contributed by atoms with E-state index in [-0.39, 0.29) is 18.4 Å². The fourth-order valence-electron chi connectivity index (χ4n) is 3.67. The van der Waals surface area contributed by atoms with E-state index in [2.05, 4.69) is 21.2 Å². The normalized spacial score (nSPS) is 18.4. The second kappa shape index (κ2) is 9.06. The van der Waals surface area contributed by atoms with Gasteiger partial charge in [0.25, 0.3) is 5.91 Å². The van der Waals surface area contributed by atoms with E-state index in [0.717, 1.165) is 21.4 Å². The lowest BCUT2D eigenvalue weighted by atomic mass is 10.1. The third kappa shape index (κ3) is 4.60. The topological polar surface area (TPSA) is 71.1 Å². The van der Waals surface area contributed by atoms with Crippen LogP contribution in [0.25, 0.3) is 0 Å². The molecule has 158 valence electrons. The average molecular weight is 474 g/mol. The number of halogens is 1. The van der Waals surface area contributed by atoms with Gasteiger partial charge in [-0.2, -0.15) is 0 Å². The van der Waals surface area contributed by atoms with Crippen molar-refractivity contribution in [2.45, 2.75) is 13.0 Å². The number of rotatable bonds is 4. The molecule has 7 nitrogen and oxygen atoms in total. The predicted molar refractivity (Wildman–Crippen MR) is 118 cm³/mol. The molecule has 1 N–H and O–H groups in total. The van der Waals surface area contributed by atoms with Crippen LogP contribution in [-0.2, 0) is 14.3 Å². The van der Waals surface area contributed by atoms with Gasteiger partial charge in [0.1, 0.15) is 5.75 Å². The smallest absolute Gasteiger partial charge is 0.265 e. The van der Waals surface area contributed by atoms with Crippen molar-refractivity contribution in [1.29, 1.82) is 0 Å². The molecule has 0 unspecified atom stereocenters. The zero-order valence-electron chi connectivity index (χ0n) is 16.8. The second-order valence-corrected chi connectivity index (χ2v) is 8.26. The number of benzene rings is 2. The number of morpholine rings is 1. The van der Waals surface area contributed by atoms with Crippen LogP contribution < -0.4 is 15.0 Å². The monoisotopic (exact) mass is 473 g/mol. The molecule has 0 saturated carbocycles. The fourth-order valence-corrected chi connectivity index (χ4v) is 3.92. The Morgan fingerprint density at radius 3 is 2.70 bits per heavy atom. The summed E-state index contributed by atoms with van der Waals surface area (Å²) in [7, 11) is 0. The lowest BCUT2D eigenvalue weighted by Gasteiger charge is -2.38. The largest absolute Gasteiger partial charge is 0.477 e. The van der Waals surface area contributed by atoms with Crippen molar-refractivity contribution in [1.82, 2.24) is 4.90 Å². The maximum absolute atomic E-state index is 13.0. The number of hydrogen-bond acceptors (Lipinski definition) is 5. The molecule has 8 heteroatoms. The zero-order chi connectivity index (χ0) is 21.1. The molecule has 0 spiro atoms. The zero-order valence-corrected chi connectivity index (χ0v) is 18.4. The first-order valence-corrected chi connectivity index (χ1v) is 10.7. The number of fused-ring (bicyclic) bond motifs is 1. The number of carbonyl (C=O) groups is 2. The SMILES string of the molecule is Cc1cc(NC(=O)CN2C[C@@H](C(=O)N3CCOCC3)Oc3ccccc32)ccc1Br. The molecule has 1 atom stereocenters. The van der Waals surface area contributed by atoms with E-state index in [1.54, 1.807) is 4.90 Å². The molecular formula is C22H24BrN3O4. The van der Waals surface area contributed by atoms with E-state index in [4.69, 9.17) is 9.47 Å². The first-order chi connectivity index (χ1) is 14.5. The molecule has 2 heterocycles. The number of nitrogens with zero attached hydrogens (tertiary/aromatic N) is 2. The van der Waals surface area contributed by atoms with Gasteiger partial charge < -0.3 is 24.6 Å². The molecule has 0 aliphatic carbocycles. The number of carbonyl (C=O) groups excluding carboxylic acids is 2. The van der Waals surface area contributed by atoms with Crippen molar-refractivity contribution in [2.24, 2.45) is 0 Å². The van der Waals surface area contributed by atoms with E-state index in [9.17, 15) is 9.59 Å². The van der Waals surface area contributed by atoms with Crippen LogP contribution in [0.15, 0.2) is 46.9 Å². The van der Waals surface area contributed by atoms with Crippen molar-refractivity contribution in [2.75, 3.05) is 49.6 Å². The van der Waals surface area contributed by atoms with Gasteiger partial charge in [0.15, 0.2) is 6.10 Å². The van der Waals surface area contributed by atoms with Crippen LogP contribution in [-0.4, -0.2) is 62.2 Å². The van der Waals surface area contributed by atoms with Crippen molar-refractivity contribution in [3.63, 3.8) is 0 Å². The molecule has 2 aliphatic heterocycles. The quantitative estimate of drug-likeness (QED) is 0.738. The number of anilines is 2. The summed E-state index contributed by atoms with van der Waals surface area (Å²) < 4.78 is 12.3. The highest BCUT2D eigenvalue weighted by atomic mass is 79.9. The predicted octanol–water partition coefficient (Wildman–Crippen LogP) is 2.82. The number of para-hydroxylation sites is 2. The Balaban J connectivity index is 1.48. The summed E-state index contributed by atoms with van der Waals surface area (Å²) in [6.45, 7) is 4.61. The number of amides is 2. The summed E-state index contributed by atoms with van der Waals surface area (Å²) in [5, 5.41) is 2.94. The first-order valence-electron chi connectivity index (χ1n) is 9.94. The Hall–Kier alpha value is -2.58. The van der Waals surface area contributed by atoms with Crippen LogP contribution in [0.3, 0.4) is 0 Å². The molecule has 2 aliphatic rings. The number of hydrogen-bond donors (Lipinski definition) is 1. The third-order valence-corrected chi connectivity index (χ3v) is 6.13. The highest BCUT2D eigenvalue weighted by Crippen LogP contribution is 2.33. The summed E-state index contributed by atoms with van der Waals surface area (Å²) in [4.78, 5) is 29.4. The van der Waals surface area contributed by atoms with Gasteiger partial charge in [0, 0.05) is 23.2 Å². The molecule has 4 rings (SSSR count). The Bertz CT molecular complexity index is 946. The molecule has 1 fully saturated rings. The summed E-state index contributed by atoms with van der Waals surface area (Å²) in [5.41, 5.74) is 2.59. The van der Waals surface area contributed by atoms with Gasteiger partial charge in [0.05, 0.1) is 32.0 Å². The van der Waals surface area contributed by atoms with Crippen molar-refractivity contribution < 1.29 is 19.1 Å².